The molecule has 0 fully saturated rings. The predicted molar refractivity (Wildman–Crippen MR) is 82.8 cm³/mol. The molecule has 0 aliphatic carbocycles. The van der Waals surface area contributed by atoms with Crippen molar-refractivity contribution in [1.29, 1.82) is 0 Å². The summed E-state index contributed by atoms with van der Waals surface area (Å²) in [5.74, 6) is 5.49. The molecule has 1 aromatic carbocycles. The van der Waals surface area contributed by atoms with Crippen LogP contribution in [-0.2, 0) is 10.2 Å². The minimum absolute atomic E-state index is 0.214. The van der Waals surface area contributed by atoms with Crippen LogP contribution < -0.4 is 10.5 Å². The van der Waals surface area contributed by atoms with E-state index in [-0.39, 0.29) is 6.54 Å². The number of rotatable bonds is 5. The first-order chi connectivity index (χ1) is 9.44. The van der Waals surface area contributed by atoms with Crippen LogP contribution in [0.1, 0.15) is 19.4 Å². The first kappa shape index (κ1) is 16.8. The fourth-order valence-corrected chi connectivity index (χ4v) is 3.01. The number of hydrogen-bond acceptors (Lipinski definition) is 3. The Morgan fingerprint density at radius 2 is 2.00 bits per heavy atom. The Labute approximate surface area is 125 Å². The molecule has 0 amide bonds. The Morgan fingerprint density at radius 3 is 2.55 bits per heavy atom. The lowest BCUT2D eigenvalue weighted by molar-refractivity contribution is 0.449. The molecular formula is C13H18ClN3O2S. The smallest absolute Gasteiger partial charge is 0.301 e. The molecular weight excluding hydrogens is 298 g/mol. The Kier molecular flexibility index (Phi) is 6.30. The van der Waals surface area contributed by atoms with Crippen molar-refractivity contribution >= 4 is 27.5 Å². The van der Waals surface area contributed by atoms with E-state index < -0.39 is 10.2 Å². The fraction of sp³-hybridized carbons (Fsp3) is 0.385. The second kappa shape index (κ2) is 7.50. The van der Waals surface area contributed by atoms with Crippen LogP contribution in [0.4, 0.5) is 5.69 Å². The van der Waals surface area contributed by atoms with E-state index in [4.69, 9.17) is 17.3 Å². The fourth-order valence-electron chi connectivity index (χ4n) is 1.61. The number of hydrogen-bond donors (Lipinski definition) is 2. The van der Waals surface area contributed by atoms with Gasteiger partial charge in [-0.15, -0.1) is 0 Å². The van der Waals surface area contributed by atoms with Crippen molar-refractivity contribution in [3.8, 4) is 11.8 Å². The lowest BCUT2D eigenvalue weighted by atomic mass is 10.2. The Bertz CT molecular complexity index is 616. The van der Waals surface area contributed by atoms with Gasteiger partial charge in [-0.25, -0.2) is 0 Å². The van der Waals surface area contributed by atoms with Gasteiger partial charge in [0.25, 0.3) is 0 Å². The van der Waals surface area contributed by atoms with E-state index in [1.54, 1.807) is 32.0 Å². The van der Waals surface area contributed by atoms with Gasteiger partial charge >= 0.3 is 10.2 Å². The number of anilines is 1. The average Bonchev–Trinajstić information content (AvgIpc) is 2.40. The maximum absolute atomic E-state index is 12.1. The van der Waals surface area contributed by atoms with Crippen molar-refractivity contribution in [3.63, 3.8) is 0 Å². The molecule has 0 atom stereocenters. The minimum Gasteiger partial charge on any atom is -0.320 e. The van der Waals surface area contributed by atoms with Gasteiger partial charge < -0.3 is 5.73 Å². The molecule has 110 valence electrons. The van der Waals surface area contributed by atoms with E-state index >= 15 is 0 Å². The summed E-state index contributed by atoms with van der Waals surface area (Å²) in [6.45, 7) is 4.58. The van der Waals surface area contributed by atoms with Gasteiger partial charge in [0.1, 0.15) is 0 Å². The van der Waals surface area contributed by atoms with Gasteiger partial charge in [0.05, 0.1) is 17.3 Å². The van der Waals surface area contributed by atoms with E-state index in [2.05, 4.69) is 16.6 Å². The van der Waals surface area contributed by atoms with Crippen molar-refractivity contribution in [1.82, 2.24) is 4.31 Å². The van der Waals surface area contributed by atoms with E-state index in [0.717, 1.165) is 0 Å². The lowest BCUT2D eigenvalue weighted by Crippen LogP contribution is -2.35. The van der Waals surface area contributed by atoms with Gasteiger partial charge in [-0.05, 0) is 18.2 Å². The molecule has 1 aromatic rings. The highest BCUT2D eigenvalue weighted by molar-refractivity contribution is 7.90. The van der Waals surface area contributed by atoms with Gasteiger partial charge in [-0.2, -0.15) is 12.7 Å². The summed E-state index contributed by atoms with van der Waals surface area (Å²) in [4.78, 5) is 0. The molecule has 1 rings (SSSR count). The zero-order valence-corrected chi connectivity index (χ0v) is 13.1. The zero-order valence-electron chi connectivity index (χ0n) is 11.5. The zero-order chi connectivity index (χ0) is 15.2. The van der Waals surface area contributed by atoms with Gasteiger partial charge in [-0.1, -0.05) is 37.3 Å². The van der Waals surface area contributed by atoms with Gasteiger partial charge in [0.15, 0.2) is 0 Å². The van der Waals surface area contributed by atoms with Gasteiger partial charge in [-0.3, -0.25) is 4.72 Å². The molecule has 0 aliphatic heterocycles. The summed E-state index contributed by atoms with van der Waals surface area (Å²) in [7, 11) is -3.56. The van der Waals surface area contributed by atoms with E-state index in [9.17, 15) is 8.42 Å². The molecule has 0 heterocycles. The Morgan fingerprint density at radius 1 is 1.35 bits per heavy atom. The normalized spacial score (nSPS) is 11.1. The van der Waals surface area contributed by atoms with E-state index in [1.165, 1.54) is 4.31 Å². The third-order valence-corrected chi connectivity index (χ3v) is 4.60. The SMILES string of the molecule is CCN(CC)S(=O)(=O)Nc1ccc(Cl)c(C#CCN)c1. The maximum Gasteiger partial charge on any atom is 0.301 e. The number of halogens is 1. The highest BCUT2D eigenvalue weighted by Crippen LogP contribution is 2.21. The third-order valence-electron chi connectivity index (χ3n) is 2.58. The molecule has 0 radical (unpaired) electrons. The topological polar surface area (TPSA) is 75.4 Å². The van der Waals surface area contributed by atoms with Crippen LogP contribution in [0.25, 0.3) is 0 Å². The van der Waals surface area contributed by atoms with Crippen LogP contribution >= 0.6 is 11.6 Å². The molecule has 0 unspecified atom stereocenters. The molecule has 0 spiro atoms. The third kappa shape index (κ3) is 4.39. The van der Waals surface area contributed by atoms with Gasteiger partial charge in [0.2, 0.25) is 0 Å². The minimum atomic E-state index is -3.56. The molecule has 0 aliphatic rings. The Balaban J connectivity index is 3.05. The van der Waals surface area contributed by atoms with Crippen LogP contribution in [0, 0.1) is 11.8 Å². The van der Waals surface area contributed by atoms with Crippen LogP contribution in [0.3, 0.4) is 0 Å². The van der Waals surface area contributed by atoms with E-state index in [1.807, 2.05) is 0 Å². The molecule has 3 N–H and O–H groups in total. The summed E-state index contributed by atoms with van der Waals surface area (Å²) in [5.41, 5.74) is 6.26. The number of nitrogens with one attached hydrogen (secondary N) is 1. The highest BCUT2D eigenvalue weighted by Gasteiger charge is 2.18. The first-order valence-corrected chi connectivity index (χ1v) is 8.02. The first-order valence-electron chi connectivity index (χ1n) is 6.21. The highest BCUT2D eigenvalue weighted by atomic mass is 35.5. The van der Waals surface area contributed by atoms with Crippen molar-refractivity contribution in [2.45, 2.75) is 13.8 Å². The van der Waals surface area contributed by atoms with E-state index in [0.29, 0.717) is 29.4 Å². The second-order valence-corrected chi connectivity index (χ2v) is 5.97. The number of nitrogens with two attached hydrogens (primary N) is 1. The molecule has 0 saturated carbocycles. The average molecular weight is 316 g/mol. The van der Waals surface area contributed by atoms with Crippen LogP contribution in [0.15, 0.2) is 18.2 Å². The Hall–Kier alpha value is -1.26. The van der Waals surface area contributed by atoms with Crippen molar-refractivity contribution in [2.24, 2.45) is 5.73 Å². The summed E-state index contributed by atoms with van der Waals surface area (Å²) >= 11 is 5.99. The van der Waals surface area contributed by atoms with Crippen molar-refractivity contribution < 1.29 is 8.42 Å². The number of benzene rings is 1. The maximum atomic E-state index is 12.1. The summed E-state index contributed by atoms with van der Waals surface area (Å²) in [6, 6.07) is 4.78. The van der Waals surface area contributed by atoms with Gasteiger partial charge in [0, 0.05) is 18.7 Å². The van der Waals surface area contributed by atoms with Crippen LogP contribution in [-0.4, -0.2) is 32.4 Å². The standard InChI is InChI=1S/C13H18ClN3O2S/c1-3-17(4-2)20(18,19)16-12-7-8-13(14)11(10-12)6-5-9-15/h7-8,10,16H,3-4,9,15H2,1-2H3. The summed E-state index contributed by atoms with van der Waals surface area (Å²) < 4.78 is 28.0. The molecule has 0 aromatic heterocycles. The molecule has 5 nitrogen and oxygen atoms in total. The quantitative estimate of drug-likeness (QED) is 0.811. The number of nitrogens with zero attached hydrogens (tertiary/aromatic N) is 1. The lowest BCUT2D eigenvalue weighted by Gasteiger charge is -2.19. The van der Waals surface area contributed by atoms with Crippen LogP contribution in [0.2, 0.25) is 5.02 Å². The molecule has 0 saturated heterocycles. The molecule has 7 heteroatoms. The predicted octanol–water partition coefficient (Wildman–Crippen LogP) is 1.65. The largest absolute Gasteiger partial charge is 0.320 e. The molecule has 0 bridgehead atoms. The van der Waals surface area contributed by atoms with Crippen LogP contribution in [0.5, 0.6) is 0 Å². The van der Waals surface area contributed by atoms with Crippen molar-refractivity contribution in [2.75, 3.05) is 24.4 Å². The summed E-state index contributed by atoms with van der Waals surface area (Å²) in [6.07, 6.45) is 0. The van der Waals surface area contributed by atoms with Crippen molar-refractivity contribution in [3.05, 3.63) is 28.8 Å². The molecule has 20 heavy (non-hydrogen) atoms. The summed E-state index contributed by atoms with van der Waals surface area (Å²) in [5, 5.41) is 0.455. The monoisotopic (exact) mass is 315 g/mol. The second-order valence-electron chi connectivity index (χ2n) is 3.89.